The largest absolute Gasteiger partial charge is 0.283 e. The fraction of sp³-hybridized carbons (Fsp3) is 0.318. The molecule has 5 heteroatoms. The Bertz CT molecular complexity index is 868. The van der Waals surface area contributed by atoms with E-state index in [4.69, 9.17) is 4.99 Å². The monoisotopic (exact) mass is 377 g/mol. The Balaban J connectivity index is 1.68. The van der Waals surface area contributed by atoms with Gasteiger partial charge >= 0.3 is 0 Å². The maximum Gasteiger partial charge on any atom is 0.267 e. The summed E-state index contributed by atoms with van der Waals surface area (Å²) < 4.78 is 0. The van der Waals surface area contributed by atoms with Gasteiger partial charge < -0.3 is 0 Å². The summed E-state index contributed by atoms with van der Waals surface area (Å²) in [6.45, 7) is 2.06. The second kappa shape index (κ2) is 8.09. The minimum Gasteiger partial charge on any atom is -0.283 e. The van der Waals surface area contributed by atoms with Crippen molar-refractivity contribution in [2.75, 3.05) is 0 Å². The summed E-state index contributed by atoms with van der Waals surface area (Å²) in [5.41, 5.74) is 2.25. The number of aliphatic imine (C=N–C) groups is 1. The summed E-state index contributed by atoms with van der Waals surface area (Å²) in [7, 11) is 0. The van der Waals surface area contributed by atoms with Crippen LogP contribution < -0.4 is 0 Å². The van der Waals surface area contributed by atoms with Gasteiger partial charge in [-0.3, -0.25) is 9.69 Å². The van der Waals surface area contributed by atoms with E-state index in [2.05, 4.69) is 36.2 Å². The van der Waals surface area contributed by atoms with E-state index in [1.54, 1.807) is 6.20 Å². The number of carbonyl (C=O) groups is 1. The third-order valence-corrected chi connectivity index (χ3v) is 5.99. The molecule has 4 nitrogen and oxygen atoms in total. The van der Waals surface area contributed by atoms with Gasteiger partial charge in [-0.2, -0.15) is 0 Å². The fourth-order valence-electron chi connectivity index (χ4n) is 3.56. The third-order valence-electron chi connectivity index (χ3n) is 5.01. The highest BCUT2D eigenvalue weighted by Crippen LogP contribution is 2.38. The van der Waals surface area contributed by atoms with Crippen LogP contribution in [-0.2, 0) is 4.79 Å². The van der Waals surface area contributed by atoms with Crippen molar-refractivity contribution in [3.8, 4) is 0 Å². The summed E-state index contributed by atoms with van der Waals surface area (Å²) >= 11 is 1.46. The van der Waals surface area contributed by atoms with Crippen LogP contribution in [0.1, 0.15) is 43.2 Å². The first-order valence-corrected chi connectivity index (χ1v) is 10.3. The number of nitrogens with zero attached hydrogens (tertiary/aromatic N) is 3. The maximum absolute atomic E-state index is 13.2. The Kier molecular flexibility index (Phi) is 5.39. The molecule has 4 rings (SSSR count). The summed E-state index contributed by atoms with van der Waals surface area (Å²) in [4.78, 5) is 24.9. The molecule has 0 atom stereocenters. The molecule has 2 aromatic rings. The van der Waals surface area contributed by atoms with Gasteiger partial charge in [-0.25, -0.2) is 9.98 Å². The Morgan fingerprint density at radius 3 is 2.59 bits per heavy atom. The van der Waals surface area contributed by atoms with Crippen LogP contribution in [0, 0.1) is 6.92 Å². The van der Waals surface area contributed by atoms with Crippen molar-refractivity contribution in [2.24, 2.45) is 4.99 Å². The van der Waals surface area contributed by atoms with Crippen molar-refractivity contribution >= 4 is 34.7 Å². The topological polar surface area (TPSA) is 45.6 Å². The predicted molar refractivity (Wildman–Crippen MR) is 112 cm³/mol. The fourth-order valence-corrected chi connectivity index (χ4v) is 4.60. The van der Waals surface area contributed by atoms with Crippen LogP contribution >= 0.6 is 11.8 Å². The normalized spacial score (nSPS) is 21.4. The Morgan fingerprint density at radius 1 is 1.11 bits per heavy atom. The molecule has 0 unspecified atom stereocenters. The van der Waals surface area contributed by atoms with Crippen LogP contribution in [0.5, 0.6) is 0 Å². The standard InChI is InChI=1S/C22H23N3OS/c1-16-10-12-17(13-11-16)15-19-21(26)25(18-7-3-2-4-8-18)22(27-19)24-20-9-5-6-14-23-20/h5-6,9-15,18H,2-4,7-8H2,1H3/b19-15-,24-22+. The lowest BCUT2D eigenvalue weighted by Gasteiger charge is -2.30. The zero-order valence-electron chi connectivity index (χ0n) is 15.5. The van der Waals surface area contributed by atoms with E-state index >= 15 is 0 Å². The number of thioether (sulfide) groups is 1. The number of pyridine rings is 1. The predicted octanol–water partition coefficient (Wildman–Crippen LogP) is 5.33. The Morgan fingerprint density at radius 2 is 1.89 bits per heavy atom. The first-order chi connectivity index (χ1) is 13.2. The number of aromatic nitrogens is 1. The smallest absolute Gasteiger partial charge is 0.267 e. The highest BCUT2D eigenvalue weighted by Gasteiger charge is 2.38. The third kappa shape index (κ3) is 4.14. The molecule has 1 aromatic heterocycles. The van der Waals surface area contributed by atoms with Crippen molar-refractivity contribution in [3.05, 3.63) is 64.7 Å². The van der Waals surface area contributed by atoms with Crippen molar-refractivity contribution in [1.29, 1.82) is 0 Å². The van der Waals surface area contributed by atoms with E-state index in [0.717, 1.165) is 28.5 Å². The quantitative estimate of drug-likeness (QED) is 0.680. The number of carbonyl (C=O) groups excluding carboxylic acids is 1. The molecule has 2 aliphatic rings. The molecule has 1 aliphatic heterocycles. The van der Waals surface area contributed by atoms with Crippen LogP contribution in [0.15, 0.2) is 58.6 Å². The van der Waals surface area contributed by atoms with E-state index in [0.29, 0.717) is 5.82 Å². The van der Waals surface area contributed by atoms with E-state index in [9.17, 15) is 4.79 Å². The number of amidine groups is 1. The summed E-state index contributed by atoms with van der Waals surface area (Å²) in [6, 6.07) is 14.1. The molecule has 0 radical (unpaired) electrons. The number of hydrogen-bond acceptors (Lipinski definition) is 4. The van der Waals surface area contributed by atoms with Gasteiger partial charge in [0.1, 0.15) is 0 Å². The van der Waals surface area contributed by atoms with Crippen LogP contribution in [0.3, 0.4) is 0 Å². The lowest BCUT2D eigenvalue weighted by molar-refractivity contribution is -0.124. The molecule has 2 heterocycles. The van der Waals surface area contributed by atoms with Gasteiger partial charge in [0.15, 0.2) is 11.0 Å². The highest BCUT2D eigenvalue weighted by molar-refractivity contribution is 8.18. The average molecular weight is 378 g/mol. The van der Waals surface area contributed by atoms with Crippen LogP contribution in [0.2, 0.25) is 0 Å². The molecule has 1 saturated heterocycles. The molecule has 0 N–H and O–H groups in total. The van der Waals surface area contributed by atoms with Gasteiger partial charge in [0.05, 0.1) is 4.91 Å². The summed E-state index contributed by atoms with van der Waals surface area (Å²) in [6.07, 6.45) is 9.40. The average Bonchev–Trinajstić information content (AvgIpc) is 3.00. The molecule has 1 aromatic carbocycles. The van der Waals surface area contributed by atoms with Crippen molar-refractivity contribution in [3.63, 3.8) is 0 Å². The lowest BCUT2D eigenvalue weighted by Crippen LogP contribution is -2.40. The molecule has 1 aliphatic carbocycles. The van der Waals surface area contributed by atoms with Crippen molar-refractivity contribution in [2.45, 2.75) is 45.1 Å². The molecular weight excluding hydrogens is 354 g/mol. The van der Waals surface area contributed by atoms with Crippen LogP contribution in [-0.4, -0.2) is 27.0 Å². The highest BCUT2D eigenvalue weighted by atomic mass is 32.2. The van der Waals surface area contributed by atoms with Gasteiger partial charge in [0.2, 0.25) is 0 Å². The van der Waals surface area contributed by atoms with E-state index in [-0.39, 0.29) is 11.9 Å². The first-order valence-electron chi connectivity index (χ1n) is 9.50. The molecule has 1 saturated carbocycles. The zero-order chi connectivity index (χ0) is 18.6. The Labute approximate surface area is 164 Å². The van der Waals surface area contributed by atoms with Crippen LogP contribution in [0.25, 0.3) is 6.08 Å². The van der Waals surface area contributed by atoms with Crippen molar-refractivity contribution in [1.82, 2.24) is 9.88 Å². The molecular formula is C22H23N3OS. The zero-order valence-corrected chi connectivity index (χ0v) is 16.3. The van der Waals surface area contributed by atoms with Gasteiger partial charge in [-0.15, -0.1) is 0 Å². The molecule has 138 valence electrons. The first kappa shape index (κ1) is 18.0. The maximum atomic E-state index is 13.2. The molecule has 0 spiro atoms. The molecule has 2 fully saturated rings. The molecule has 1 amide bonds. The lowest BCUT2D eigenvalue weighted by atomic mass is 9.94. The SMILES string of the molecule is Cc1ccc(/C=C2\S/C(=N/c3ccccn3)N(C3CCCCC3)C2=O)cc1. The molecule has 0 bridgehead atoms. The second-order valence-corrected chi connectivity index (χ2v) is 8.08. The summed E-state index contributed by atoms with van der Waals surface area (Å²) in [5, 5.41) is 0.754. The number of amides is 1. The number of hydrogen-bond donors (Lipinski definition) is 0. The van der Waals surface area contributed by atoms with Crippen molar-refractivity contribution < 1.29 is 4.79 Å². The van der Waals surface area contributed by atoms with Gasteiger partial charge in [0, 0.05) is 12.2 Å². The van der Waals surface area contributed by atoms with E-state index in [1.807, 2.05) is 29.2 Å². The molecule has 27 heavy (non-hydrogen) atoms. The minimum atomic E-state index is 0.0714. The van der Waals surface area contributed by atoms with Gasteiger partial charge in [-0.05, 0) is 55.3 Å². The summed E-state index contributed by atoms with van der Waals surface area (Å²) in [5.74, 6) is 0.715. The second-order valence-electron chi connectivity index (χ2n) is 7.07. The van der Waals surface area contributed by atoms with Gasteiger partial charge in [-0.1, -0.05) is 55.2 Å². The Hall–Kier alpha value is -2.40. The van der Waals surface area contributed by atoms with E-state index < -0.39 is 0 Å². The number of benzene rings is 1. The number of aryl methyl sites for hydroxylation is 1. The number of rotatable bonds is 3. The minimum absolute atomic E-state index is 0.0714. The van der Waals surface area contributed by atoms with Gasteiger partial charge in [0.25, 0.3) is 5.91 Å². The van der Waals surface area contributed by atoms with E-state index in [1.165, 1.54) is 36.6 Å². The van der Waals surface area contributed by atoms with Crippen LogP contribution in [0.4, 0.5) is 5.82 Å².